The maximum atomic E-state index is 14.0. The molecule has 110 valence electrons. The van der Waals surface area contributed by atoms with Gasteiger partial charge in [-0.1, -0.05) is 37.3 Å². The molecule has 0 spiro atoms. The minimum Gasteiger partial charge on any atom is -0.378 e. The fraction of sp³-hybridized carbons (Fsp3) is 0.333. The Morgan fingerprint density at radius 2 is 2.05 bits per heavy atom. The second-order valence-corrected chi connectivity index (χ2v) is 6.56. The van der Waals surface area contributed by atoms with Crippen molar-refractivity contribution in [1.29, 1.82) is 0 Å². The summed E-state index contributed by atoms with van der Waals surface area (Å²) in [6.07, 6.45) is 2.03. The predicted octanol–water partition coefficient (Wildman–Crippen LogP) is 5.35. The van der Waals surface area contributed by atoms with Gasteiger partial charge in [0, 0.05) is 16.3 Å². The Balaban J connectivity index is 1.96. The van der Waals surface area contributed by atoms with Crippen LogP contribution in [-0.2, 0) is 6.42 Å². The van der Waals surface area contributed by atoms with Gasteiger partial charge >= 0.3 is 0 Å². The lowest BCUT2D eigenvalue weighted by atomic mass is 10.00. The predicted molar refractivity (Wildman–Crippen MR) is 88.7 cm³/mol. The zero-order chi connectivity index (χ0) is 14.8. The Labute approximate surface area is 130 Å². The Bertz CT molecular complexity index is 654. The molecule has 1 aliphatic heterocycles. The molecule has 0 saturated carbocycles. The van der Waals surface area contributed by atoms with Crippen LogP contribution in [0.4, 0.5) is 10.1 Å². The standard InChI is InChI=1S/C18H20FNS/c1-3-13-7-4-6-12(2)17(13)20-16-10-11-21-18-14(16)8-5-9-15(18)19/h4-9,16,20H,3,10-11H2,1-2H3. The van der Waals surface area contributed by atoms with Crippen LogP contribution in [0.25, 0.3) is 0 Å². The highest BCUT2D eigenvalue weighted by Gasteiger charge is 2.23. The maximum Gasteiger partial charge on any atom is 0.137 e. The van der Waals surface area contributed by atoms with Crippen LogP contribution in [0.5, 0.6) is 0 Å². The molecular weight excluding hydrogens is 281 g/mol. The molecule has 1 aliphatic rings. The van der Waals surface area contributed by atoms with Gasteiger partial charge in [-0.2, -0.15) is 0 Å². The number of anilines is 1. The zero-order valence-corrected chi connectivity index (χ0v) is 13.3. The van der Waals surface area contributed by atoms with E-state index in [1.165, 1.54) is 16.8 Å². The number of aryl methyl sites for hydroxylation is 2. The molecule has 1 heterocycles. The maximum absolute atomic E-state index is 14.0. The van der Waals surface area contributed by atoms with E-state index in [0.29, 0.717) is 0 Å². The molecule has 0 fully saturated rings. The van der Waals surface area contributed by atoms with Crippen molar-refractivity contribution in [3.8, 4) is 0 Å². The van der Waals surface area contributed by atoms with Gasteiger partial charge in [0.2, 0.25) is 0 Å². The number of fused-ring (bicyclic) bond motifs is 1. The van der Waals surface area contributed by atoms with Gasteiger partial charge in [-0.3, -0.25) is 0 Å². The van der Waals surface area contributed by atoms with Gasteiger partial charge in [0.15, 0.2) is 0 Å². The number of halogens is 1. The Morgan fingerprint density at radius 3 is 2.86 bits per heavy atom. The Kier molecular flexibility index (Phi) is 4.20. The van der Waals surface area contributed by atoms with Crippen LogP contribution in [0.2, 0.25) is 0 Å². The van der Waals surface area contributed by atoms with E-state index in [9.17, 15) is 4.39 Å². The van der Waals surface area contributed by atoms with Gasteiger partial charge in [0.1, 0.15) is 5.82 Å². The van der Waals surface area contributed by atoms with Crippen molar-refractivity contribution in [2.24, 2.45) is 0 Å². The van der Waals surface area contributed by atoms with Crippen LogP contribution in [0, 0.1) is 12.7 Å². The quantitative estimate of drug-likeness (QED) is 0.820. The molecule has 1 unspecified atom stereocenters. The Hall–Kier alpha value is -1.48. The van der Waals surface area contributed by atoms with E-state index in [1.54, 1.807) is 17.8 Å². The Morgan fingerprint density at radius 1 is 1.24 bits per heavy atom. The molecule has 2 aromatic carbocycles. The number of benzene rings is 2. The summed E-state index contributed by atoms with van der Waals surface area (Å²) in [6, 6.07) is 12.0. The number of nitrogens with one attached hydrogen (secondary N) is 1. The van der Waals surface area contributed by atoms with Crippen LogP contribution < -0.4 is 5.32 Å². The van der Waals surface area contributed by atoms with E-state index in [1.807, 2.05) is 12.1 Å². The van der Waals surface area contributed by atoms with E-state index in [0.717, 1.165) is 29.1 Å². The highest BCUT2D eigenvalue weighted by Crippen LogP contribution is 2.40. The number of para-hydroxylation sites is 1. The molecule has 0 bridgehead atoms. The average Bonchev–Trinajstić information content (AvgIpc) is 2.50. The molecule has 3 heteroatoms. The summed E-state index contributed by atoms with van der Waals surface area (Å²) >= 11 is 1.63. The van der Waals surface area contributed by atoms with Gasteiger partial charge in [-0.25, -0.2) is 4.39 Å². The summed E-state index contributed by atoms with van der Waals surface area (Å²) in [5.41, 5.74) is 4.89. The number of thioether (sulfide) groups is 1. The summed E-state index contributed by atoms with van der Waals surface area (Å²) in [5, 5.41) is 3.67. The molecule has 0 aromatic heterocycles. The van der Waals surface area contributed by atoms with E-state index >= 15 is 0 Å². The van der Waals surface area contributed by atoms with Crippen molar-refractivity contribution in [3.63, 3.8) is 0 Å². The van der Waals surface area contributed by atoms with Crippen molar-refractivity contribution in [2.75, 3.05) is 11.1 Å². The number of hydrogen-bond acceptors (Lipinski definition) is 2. The van der Waals surface area contributed by atoms with E-state index in [2.05, 4.69) is 37.4 Å². The molecule has 0 aliphatic carbocycles. The molecule has 1 N–H and O–H groups in total. The van der Waals surface area contributed by atoms with Crippen molar-refractivity contribution in [2.45, 2.75) is 37.6 Å². The second-order valence-electron chi connectivity index (χ2n) is 5.45. The summed E-state index contributed by atoms with van der Waals surface area (Å²) in [4.78, 5) is 0.813. The van der Waals surface area contributed by atoms with E-state index in [-0.39, 0.29) is 11.9 Å². The highest BCUT2D eigenvalue weighted by atomic mass is 32.2. The van der Waals surface area contributed by atoms with Crippen LogP contribution in [0.3, 0.4) is 0 Å². The summed E-state index contributed by atoms with van der Waals surface area (Å²) in [7, 11) is 0. The van der Waals surface area contributed by atoms with Crippen LogP contribution in [0.15, 0.2) is 41.3 Å². The molecule has 2 aromatic rings. The smallest absolute Gasteiger partial charge is 0.137 e. The minimum absolute atomic E-state index is 0.0931. The first kappa shape index (κ1) is 14.5. The number of rotatable bonds is 3. The molecule has 21 heavy (non-hydrogen) atoms. The second kappa shape index (κ2) is 6.10. The molecule has 1 atom stereocenters. The average molecular weight is 301 g/mol. The molecule has 1 nitrogen and oxygen atoms in total. The largest absolute Gasteiger partial charge is 0.378 e. The minimum atomic E-state index is -0.0931. The van der Waals surface area contributed by atoms with Crippen molar-refractivity contribution >= 4 is 17.4 Å². The first-order chi connectivity index (χ1) is 10.2. The van der Waals surface area contributed by atoms with Crippen molar-refractivity contribution in [3.05, 3.63) is 58.9 Å². The third-order valence-electron chi connectivity index (χ3n) is 4.08. The van der Waals surface area contributed by atoms with Gasteiger partial charge in [-0.05, 0) is 42.5 Å². The third-order valence-corrected chi connectivity index (χ3v) is 5.24. The summed E-state index contributed by atoms with van der Waals surface area (Å²) < 4.78 is 14.0. The SMILES string of the molecule is CCc1cccc(C)c1NC1CCSc2c(F)cccc21. The van der Waals surface area contributed by atoms with E-state index in [4.69, 9.17) is 0 Å². The number of hydrogen-bond donors (Lipinski definition) is 1. The van der Waals surface area contributed by atoms with Crippen LogP contribution in [-0.4, -0.2) is 5.75 Å². The van der Waals surface area contributed by atoms with Gasteiger partial charge in [0.05, 0.1) is 6.04 Å². The monoisotopic (exact) mass is 301 g/mol. The fourth-order valence-electron chi connectivity index (χ4n) is 2.94. The van der Waals surface area contributed by atoms with Gasteiger partial charge in [-0.15, -0.1) is 11.8 Å². The topological polar surface area (TPSA) is 12.0 Å². The lowest BCUT2D eigenvalue weighted by Crippen LogP contribution is -2.18. The van der Waals surface area contributed by atoms with Crippen LogP contribution in [0.1, 0.15) is 36.1 Å². The first-order valence-electron chi connectivity index (χ1n) is 7.47. The molecule has 0 amide bonds. The molecule has 0 radical (unpaired) electrons. The molecule has 3 rings (SSSR count). The van der Waals surface area contributed by atoms with E-state index < -0.39 is 0 Å². The van der Waals surface area contributed by atoms with Gasteiger partial charge in [0.25, 0.3) is 0 Å². The fourth-order valence-corrected chi connectivity index (χ4v) is 4.08. The highest BCUT2D eigenvalue weighted by molar-refractivity contribution is 7.99. The first-order valence-corrected chi connectivity index (χ1v) is 8.45. The summed E-state index contributed by atoms with van der Waals surface area (Å²) in [5.74, 6) is 0.864. The zero-order valence-electron chi connectivity index (χ0n) is 12.4. The van der Waals surface area contributed by atoms with Crippen LogP contribution >= 0.6 is 11.8 Å². The lowest BCUT2D eigenvalue weighted by Gasteiger charge is -2.28. The summed E-state index contributed by atoms with van der Waals surface area (Å²) in [6.45, 7) is 4.30. The normalized spacial score (nSPS) is 17.4. The molecular formula is C18H20FNS. The van der Waals surface area contributed by atoms with Crippen molar-refractivity contribution in [1.82, 2.24) is 0 Å². The molecule has 0 saturated heterocycles. The van der Waals surface area contributed by atoms with Crippen molar-refractivity contribution < 1.29 is 4.39 Å². The van der Waals surface area contributed by atoms with Gasteiger partial charge < -0.3 is 5.32 Å². The lowest BCUT2D eigenvalue weighted by molar-refractivity contribution is 0.585. The third kappa shape index (κ3) is 2.80.